The van der Waals surface area contributed by atoms with Gasteiger partial charge in [0, 0.05) is 18.2 Å². The van der Waals surface area contributed by atoms with Crippen molar-refractivity contribution in [1.82, 2.24) is 0 Å². The summed E-state index contributed by atoms with van der Waals surface area (Å²) in [6.07, 6.45) is -4.86. The predicted molar refractivity (Wildman–Crippen MR) is 70.5 cm³/mol. The van der Waals surface area contributed by atoms with Gasteiger partial charge in [0.1, 0.15) is 29.7 Å². The lowest BCUT2D eigenvalue weighted by atomic mass is 10.2. The highest BCUT2D eigenvalue weighted by Gasteiger charge is 2.32. The molecule has 0 aliphatic carbocycles. The molecular weight excluding hydrogens is 328 g/mol. The van der Waals surface area contributed by atoms with Crippen molar-refractivity contribution in [2.24, 2.45) is 0 Å². The van der Waals surface area contributed by atoms with E-state index in [0.29, 0.717) is 5.56 Å². The van der Waals surface area contributed by atoms with Crippen molar-refractivity contribution in [3.63, 3.8) is 0 Å². The van der Waals surface area contributed by atoms with Crippen molar-refractivity contribution in [2.45, 2.75) is 13.0 Å². The molecule has 2 aromatic rings. The smallest absolute Gasteiger partial charge is 0.508 e. The van der Waals surface area contributed by atoms with Gasteiger partial charge in [0.15, 0.2) is 0 Å². The molecule has 0 aliphatic heterocycles. The number of hydrogen-bond donors (Lipinski definition) is 1. The molecule has 0 aliphatic rings. The van der Waals surface area contributed by atoms with E-state index in [1.54, 1.807) is 0 Å². The molecule has 3 nitrogen and oxygen atoms in total. The molecule has 0 spiro atoms. The SMILES string of the molecule is Oc1cc(F)cc(OCc2ccc(Cl)c(OC(F)(F)F)c2)c1. The maximum Gasteiger partial charge on any atom is 0.573 e. The fourth-order valence-corrected chi connectivity index (χ4v) is 1.79. The van der Waals surface area contributed by atoms with Gasteiger partial charge in [0.05, 0.1) is 5.02 Å². The molecule has 0 bridgehead atoms. The molecule has 0 amide bonds. The van der Waals surface area contributed by atoms with Gasteiger partial charge in [-0.3, -0.25) is 0 Å². The average Bonchev–Trinajstić information content (AvgIpc) is 2.37. The van der Waals surface area contributed by atoms with Gasteiger partial charge in [-0.15, -0.1) is 13.2 Å². The third-order valence-electron chi connectivity index (χ3n) is 2.48. The van der Waals surface area contributed by atoms with Crippen molar-refractivity contribution < 1.29 is 32.1 Å². The van der Waals surface area contributed by atoms with Crippen LogP contribution in [0.25, 0.3) is 0 Å². The molecule has 0 saturated heterocycles. The Morgan fingerprint density at radius 1 is 1.09 bits per heavy atom. The predicted octanol–water partition coefficient (Wildman–Crippen LogP) is 4.66. The largest absolute Gasteiger partial charge is 0.573 e. The molecule has 1 N–H and O–H groups in total. The second kappa shape index (κ2) is 6.31. The molecule has 8 heteroatoms. The molecule has 2 rings (SSSR count). The molecule has 0 saturated carbocycles. The first-order chi connectivity index (χ1) is 10.2. The number of ether oxygens (including phenoxy) is 2. The molecule has 0 aromatic heterocycles. The lowest BCUT2D eigenvalue weighted by Gasteiger charge is -2.12. The second-order valence-corrected chi connectivity index (χ2v) is 4.65. The van der Waals surface area contributed by atoms with Crippen LogP contribution in [0.2, 0.25) is 5.02 Å². The topological polar surface area (TPSA) is 38.7 Å². The van der Waals surface area contributed by atoms with E-state index in [1.807, 2.05) is 0 Å². The Labute approximate surface area is 127 Å². The first-order valence-corrected chi connectivity index (χ1v) is 6.27. The van der Waals surface area contributed by atoms with Crippen LogP contribution in [0.3, 0.4) is 0 Å². The van der Waals surface area contributed by atoms with E-state index < -0.39 is 17.9 Å². The van der Waals surface area contributed by atoms with Gasteiger partial charge >= 0.3 is 6.36 Å². The Balaban J connectivity index is 2.11. The number of alkyl halides is 3. The maximum atomic E-state index is 13.1. The molecule has 0 heterocycles. The summed E-state index contributed by atoms with van der Waals surface area (Å²) >= 11 is 5.61. The van der Waals surface area contributed by atoms with Crippen molar-refractivity contribution in [3.05, 3.63) is 52.8 Å². The van der Waals surface area contributed by atoms with Crippen LogP contribution in [0.15, 0.2) is 36.4 Å². The van der Waals surface area contributed by atoms with Crippen LogP contribution in [0.5, 0.6) is 17.2 Å². The zero-order valence-electron chi connectivity index (χ0n) is 10.8. The van der Waals surface area contributed by atoms with E-state index in [2.05, 4.69) is 4.74 Å². The van der Waals surface area contributed by atoms with Crippen LogP contribution in [0.1, 0.15) is 5.56 Å². The number of phenolic OH excluding ortho intramolecular Hbond substituents is 1. The fourth-order valence-electron chi connectivity index (χ4n) is 1.64. The second-order valence-electron chi connectivity index (χ2n) is 4.25. The number of rotatable bonds is 4. The highest BCUT2D eigenvalue weighted by Crippen LogP contribution is 2.31. The van der Waals surface area contributed by atoms with Gasteiger partial charge in [-0.1, -0.05) is 17.7 Å². The van der Waals surface area contributed by atoms with E-state index in [-0.39, 0.29) is 23.1 Å². The van der Waals surface area contributed by atoms with E-state index in [1.165, 1.54) is 18.2 Å². The maximum absolute atomic E-state index is 13.1. The summed E-state index contributed by atoms with van der Waals surface area (Å²) in [5.41, 5.74) is 0.326. The van der Waals surface area contributed by atoms with Gasteiger partial charge < -0.3 is 14.6 Å². The third-order valence-corrected chi connectivity index (χ3v) is 2.80. The Kier molecular flexibility index (Phi) is 4.65. The van der Waals surface area contributed by atoms with Crippen LogP contribution >= 0.6 is 11.6 Å². The van der Waals surface area contributed by atoms with Crippen molar-refractivity contribution in [1.29, 1.82) is 0 Å². The number of hydrogen-bond acceptors (Lipinski definition) is 3. The molecule has 118 valence electrons. The third kappa shape index (κ3) is 4.70. The zero-order chi connectivity index (χ0) is 16.3. The van der Waals surface area contributed by atoms with E-state index in [9.17, 15) is 22.7 Å². The molecule has 0 unspecified atom stereocenters. The Morgan fingerprint density at radius 3 is 2.45 bits per heavy atom. The number of aromatic hydroxyl groups is 1. The van der Waals surface area contributed by atoms with E-state index in [0.717, 1.165) is 18.2 Å². The fraction of sp³-hybridized carbons (Fsp3) is 0.143. The van der Waals surface area contributed by atoms with Crippen LogP contribution in [0, 0.1) is 5.82 Å². The van der Waals surface area contributed by atoms with Crippen molar-refractivity contribution in [2.75, 3.05) is 0 Å². The Hall–Kier alpha value is -2.15. The van der Waals surface area contributed by atoms with E-state index in [4.69, 9.17) is 16.3 Å². The van der Waals surface area contributed by atoms with Crippen molar-refractivity contribution >= 4 is 11.6 Å². The summed E-state index contributed by atoms with van der Waals surface area (Å²) in [6, 6.07) is 6.82. The van der Waals surface area contributed by atoms with Crippen molar-refractivity contribution in [3.8, 4) is 17.2 Å². The number of halogens is 5. The summed E-state index contributed by atoms with van der Waals surface area (Å²) in [6.45, 7) is -0.158. The minimum atomic E-state index is -4.86. The number of benzene rings is 2. The van der Waals surface area contributed by atoms with Gasteiger partial charge in [0.2, 0.25) is 0 Å². The van der Waals surface area contributed by atoms with Gasteiger partial charge in [-0.2, -0.15) is 0 Å². The average molecular weight is 337 g/mol. The molecule has 0 fully saturated rings. The highest BCUT2D eigenvalue weighted by molar-refractivity contribution is 6.32. The minimum absolute atomic E-state index is 0.0331. The lowest BCUT2D eigenvalue weighted by molar-refractivity contribution is -0.274. The van der Waals surface area contributed by atoms with Crippen LogP contribution in [-0.4, -0.2) is 11.5 Å². The van der Waals surface area contributed by atoms with Crippen LogP contribution in [0.4, 0.5) is 17.6 Å². The molecule has 2 aromatic carbocycles. The molecule has 0 radical (unpaired) electrons. The van der Waals surface area contributed by atoms with Gasteiger partial charge in [-0.05, 0) is 17.7 Å². The standard InChI is InChI=1S/C14H9ClF4O3/c15-12-2-1-8(3-13(12)22-14(17,18)19)7-21-11-5-9(16)4-10(20)6-11/h1-6,20H,7H2. The summed E-state index contributed by atoms with van der Waals surface area (Å²) in [4.78, 5) is 0. The van der Waals surface area contributed by atoms with Crippen LogP contribution in [-0.2, 0) is 6.61 Å². The zero-order valence-corrected chi connectivity index (χ0v) is 11.6. The quantitative estimate of drug-likeness (QED) is 0.825. The lowest BCUT2D eigenvalue weighted by Crippen LogP contribution is -2.17. The van der Waals surface area contributed by atoms with E-state index >= 15 is 0 Å². The normalized spacial score (nSPS) is 11.3. The summed E-state index contributed by atoms with van der Waals surface area (Å²) < 4.78 is 58.7. The highest BCUT2D eigenvalue weighted by atomic mass is 35.5. The Morgan fingerprint density at radius 2 is 1.82 bits per heavy atom. The molecule has 0 atom stereocenters. The minimum Gasteiger partial charge on any atom is -0.508 e. The van der Waals surface area contributed by atoms with Gasteiger partial charge in [-0.25, -0.2) is 4.39 Å². The molecule has 22 heavy (non-hydrogen) atoms. The Bertz CT molecular complexity index is 653. The summed E-state index contributed by atoms with van der Waals surface area (Å²) in [7, 11) is 0. The number of phenols is 1. The first-order valence-electron chi connectivity index (χ1n) is 5.89. The molecular formula is C14H9ClF4O3. The summed E-state index contributed by atoms with van der Waals surface area (Å²) in [5.74, 6) is -1.55. The van der Waals surface area contributed by atoms with Crippen LogP contribution < -0.4 is 9.47 Å². The first kappa shape index (κ1) is 16.2. The monoisotopic (exact) mass is 336 g/mol. The van der Waals surface area contributed by atoms with Gasteiger partial charge in [0.25, 0.3) is 0 Å². The summed E-state index contributed by atoms with van der Waals surface area (Å²) in [5, 5.41) is 9.01.